The quantitative estimate of drug-likeness (QED) is 0.385. The molecular formula is C21H22F3N3O2S. The molecule has 0 radical (unpaired) electrons. The first-order chi connectivity index (χ1) is 14.4. The molecule has 0 aliphatic carbocycles. The van der Waals surface area contributed by atoms with Crippen molar-refractivity contribution in [1.29, 1.82) is 0 Å². The van der Waals surface area contributed by atoms with Crippen molar-refractivity contribution >= 4 is 22.2 Å². The summed E-state index contributed by atoms with van der Waals surface area (Å²) in [6, 6.07) is 7.48. The lowest BCUT2D eigenvalue weighted by Gasteiger charge is -2.15. The molecule has 2 heterocycles. The van der Waals surface area contributed by atoms with Gasteiger partial charge in [-0.1, -0.05) is 19.8 Å². The Hall–Kier alpha value is -2.81. The van der Waals surface area contributed by atoms with Crippen LogP contribution in [0.3, 0.4) is 0 Å². The number of aromatic nitrogens is 2. The number of rotatable bonds is 9. The summed E-state index contributed by atoms with van der Waals surface area (Å²) in [5, 5.41) is 5.22. The summed E-state index contributed by atoms with van der Waals surface area (Å²) >= 11 is 1.29. The van der Waals surface area contributed by atoms with Gasteiger partial charge in [0.15, 0.2) is 5.13 Å². The maximum atomic E-state index is 13.5. The van der Waals surface area contributed by atoms with Crippen LogP contribution < -0.4 is 14.8 Å². The lowest BCUT2D eigenvalue weighted by atomic mass is 10.1. The molecule has 0 amide bonds. The Bertz CT molecular complexity index is 959. The van der Waals surface area contributed by atoms with Gasteiger partial charge in [-0.25, -0.2) is 9.97 Å². The minimum Gasteiger partial charge on any atom is -0.493 e. The van der Waals surface area contributed by atoms with Crippen LogP contribution in [-0.4, -0.2) is 23.7 Å². The summed E-state index contributed by atoms with van der Waals surface area (Å²) < 4.78 is 50.9. The van der Waals surface area contributed by atoms with E-state index in [9.17, 15) is 13.2 Å². The van der Waals surface area contributed by atoms with Gasteiger partial charge in [-0.3, -0.25) is 0 Å². The van der Waals surface area contributed by atoms with E-state index in [1.807, 2.05) is 18.4 Å². The van der Waals surface area contributed by atoms with Gasteiger partial charge in [-0.05, 0) is 30.7 Å². The fourth-order valence-electron chi connectivity index (χ4n) is 2.73. The first-order valence-electron chi connectivity index (χ1n) is 9.47. The Labute approximate surface area is 176 Å². The zero-order valence-corrected chi connectivity index (χ0v) is 17.4. The smallest absolute Gasteiger partial charge is 0.420 e. The van der Waals surface area contributed by atoms with Gasteiger partial charge in [0, 0.05) is 28.9 Å². The SMILES string of the molecule is CCCCCOc1ccc(Nc2nc(-c3ccc(OC)nc3)cs2)cc1C(F)(F)F. The topological polar surface area (TPSA) is 56.3 Å². The molecule has 0 bridgehead atoms. The number of unbranched alkanes of at least 4 members (excludes halogenated alkanes) is 2. The van der Waals surface area contributed by atoms with Crippen molar-refractivity contribution in [3.8, 4) is 22.9 Å². The van der Waals surface area contributed by atoms with E-state index in [0.29, 0.717) is 16.7 Å². The lowest BCUT2D eigenvalue weighted by Crippen LogP contribution is -2.10. The summed E-state index contributed by atoms with van der Waals surface area (Å²) in [5.41, 5.74) is 0.939. The van der Waals surface area contributed by atoms with E-state index in [2.05, 4.69) is 15.3 Å². The summed E-state index contributed by atoms with van der Waals surface area (Å²) in [7, 11) is 1.53. The number of halogens is 3. The maximum absolute atomic E-state index is 13.5. The predicted molar refractivity (Wildman–Crippen MR) is 112 cm³/mol. The minimum atomic E-state index is -4.51. The molecule has 2 aromatic heterocycles. The van der Waals surface area contributed by atoms with Crippen LogP contribution in [0, 0.1) is 0 Å². The van der Waals surface area contributed by atoms with Crippen LogP contribution in [0.2, 0.25) is 0 Å². The van der Waals surface area contributed by atoms with Gasteiger partial charge in [0.05, 0.1) is 25.0 Å². The third-order valence-corrected chi connectivity index (χ3v) is 5.04. The number of nitrogens with zero attached hydrogens (tertiary/aromatic N) is 2. The van der Waals surface area contributed by atoms with Gasteiger partial charge in [0.2, 0.25) is 5.88 Å². The number of thiazole rings is 1. The minimum absolute atomic E-state index is 0.159. The second kappa shape index (κ2) is 9.80. The molecule has 5 nitrogen and oxygen atoms in total. The van der Waals surface area contributed by atoms with Crippen LogP contribution in [-0.2, 0) is 6.18 Å². The van der Waals surface area contributed by atoms with Gasteiger partial charge in [-0.15, -0.1) is 11.3 Å². The van der Waals surface area contributed by atoms with Crippen molar-refractivity contribution < 1.29 is 22.6 Å². The average Bonchev–Trinajstić information content (AvgIpc) is 3.20. The Kier molecular flexibility index (Phi) is 7.15. The molecular weight excluding hydrogens is 415 g/mol. The summed E-state index contributed by atoms with van der Waals surface area (Å²) in [6.07, 6.45) is -0.279. The summed E-state index contributed by atoms with van der Waals surface area (Å²) in [4.78, 5) is 8.56. The van der Waals surface area contributed by atoms with Crippen LogP contribution in [0.4, 0.5) is 24.0 Å². The van der Waals surface area contributed by atoms with Crippen molar-refractivity contribution in [2.45, 2.75) is 32.4 Å². The third kappa shape index (κ3) is 5.63. The molecule has 0 aliphatic rings. The molecule has 0 unspecified atom stereocenters. The number of methoxy groups -OCH3 is 1. The summed E-state index contributed by atoms with van der Waals surface area (Å²) in [6.45, 7) is 2.28. The molecule has 1 N–H and O–H groups in total. The van der Waals surface area contributed by atoms with Crippen LogP contribution in [0.15, 0.2) is 41.9 Å². The maximum Gasteiger partial charge on any atom is 0.420 e. The number of benzene rings is 1. The number of anilines is 2. The van der Waals surface area contributed by atoms with Gasteiger partial charge in [-0.2, -0.15) is 13.2 Å². The highest BCUT2D eigenvalue weighted by Gasteiger charge is 2.34. The van der Waals surface area contributed by atoms with E-state index in [1.165, 1.54) is 24.5 Å². The predicted octanol–water partition coefficient (Wildman–Crippen LogP) is 6.55. The second-order valence-corrected chi connectivity index (χ2v) is 7.37. The van der Waals surface area contributed by atoms with Crippen molar-refractivity contribution in [3.63, 3.8) is 0 Å². The van der Waals surface area contributed by atoms with E-state index in [4.69, 9.17) is 9.47 Å². The van der Waals surface area contributed by atoms with Gasteiger partial charge >= 0.3 is 6.18 Å². The van der Waals surface area contributed by atoms with E-state index in [0.717, 1.165) is 30.9 Å². The average molecular weight is 437 g/mol. The molecule has 3 rings (SSSR count). The zero-order valence-electron chi connectivity index (χ0n) is 16.6. The van der Waals surface area contributed by atoms with Crippen molar-refractivity contribution in [2.75, 3.05) is 19.0 Å². The number of ether oxygens (including phenoxy) is 2. The highest BCUT2D eigenvalue weighted by atomic mass is 32.1. The molecule has 9 heteroatoms. The number of hydrogen-bond donors (Lipinski definition) is 1. The zero-order chi connectivity index (χ0) is 21.6. The largest absolute Gasteiger partial charge is 0.493 e. The monoisotopic (exact) mass is 437 g/mol. The fourth-order valence-corrected chi connectivity index (χ4v) is 3.47. The number of alkyl halides is 3. The Balaban J connectivity index is 1.75. The van der Waals surface area contributed by atoms with Crippen LogP contribution >= 0.6 is 11.3 Å². The number of hydrogen-bond acceptors (Lipinski definition) is 6. The third-order valence-electron chi connectivity index (χ3n) is 4.29. The number of nitrogens with one attached hydrogen (secondary N) is 1. The van der Waals surface area contributed by atoms with Crippen LogP contribution in [0.5, 0.6) is 11.6 Å². The molecule has 0 atom stereocenters. The Morgan fingerprint density at radius 3 is 2.63 bits per heavy atom. The lowest BCUT2D eigenvalue weighted by molar-refractivity contribution is -0.138. The van der Waals surface area contributed by atoms with Crippen LogP contribution in [0.25, 0.3) is 11.3 Å². The molecule has 0 fully saturated rings. The molecule has 3 aromatic rings. The molecule has 0 spiro atoms. The second-order valence-electron chi connectivity index (χ2n) is 6.52. The first-order valence-corrected chi connectivity index (χ1v) is 10.4. The number of pyridine rings is 1. The van der Waals surface area contributed by atoms with Gasteiger partial charge in [0.1, 0.15) is 5.75 Å². The molecule has 30 heavy (non-hydrogen) atoms. The standard InChI is InChI=1S/C21H22F3N3O2S/c1-3-4-5-10-29-18-8-7-15(11-16(18)21(22,23)24)26-20-27-17(13-30-20)14-6-9-19(28-2)25-12-14/h6-9,11-13H,3-5,10H2,1-2H3,(H,26,27). The van der Waals surface area contributed by atoms with E-state index < -0.39 is 11.7 Å². The summed E-state index contributed by atoms with van der Waals surface area (Å²) in [5.74, 6) is 0.331. The molecule has 0 saturated heterocycles. The highest BCUT2D eigenvalue weighted by molar-refractivity contribution is 7.14. The van der Waals surface area contributed by atoms with Gasteiger partial charge in [0.25, 0.3) is 0 Å². The van der Waals surface area contributed by atoms with E-state index in [1.54, 1.807) is 18.3 Å². The van der Waals surface area contributed by atoms with Crippen molar-refractivity contribution in [3.05, 3.63) is 47.5 Å². The van der Waals surface area contributed by atoms with E-state index >= 15 is 0 Å². The van der Waals surface area contributed by atoms with Crippen LogP contribution in [0.1, 0.15) is 31.7 Å². The Morgan fingerprint density at radius 1 is 1.13 bits per heavy atom. The Morgan fingerprint density at radius 2 is 1.97 bits per heavy atom. The fraction of sp³-hybridized carbons (Fsp3) is 0.333. The highest BCUT2D eigenvalue weighted by Crippen LogP contribution is 2.39. The van der Waals surface area contributed by atoms with Gasteiger partial charge < -0.3 is 14.8 Å². The molecule has 1 aromatic carbocycles. The van der Waals surface area contributed by atoms with Crippen molar-refractivity contribution in [1.82, 2.24) is 9.97 Å². The normalized spacial score (nSPS) is 11.4. The van der Waals surface area contributed by atoms with Crippen molar-refractivity contribution in [2.24, 2.45) is 0 Å². The molecule has 0 saturated carbocycles. The molecule has 0 aliphatic heterocycles. The first kappa shape index (κ1) is 21.9. The van der Waals surface area contributed by atoms with E-state index in [-0.39, 0.29) is 18.0 Å². The molecule has 160 valence electrons.